The lowest BCUT2D eigenvalue weighted by Gasteiger charge is -2.33. The molecular formula is C23H25N3O3S. The number of benzene rings is 2. The lowest BCUT2D eigenvalue weighted by molar-refractivity contribution is -0.818. The minimum absolute atomic E-state index is 0.0513. The van der Waals surface area contributed by atoms with Crippen molar-refractivity contribution in [2.24, 2.45) is 4.99 Å². The maximum Gasteiger partial charge on any atom is 0.298 e. The number of hydrogen-bond acceptors (Lipinski definition) is 6. The van der Waals surface area contributed by atoms with Gasteiger partial charge in [-0.15, -0.1) is 11.3 Å². The first-order valence-corrected chi connectivity index (χ1v) is 11.1. The van der Waals surface area contributed by atoms with Crippen LogP contribution in [-0.2, 0) is 11.2 Å². The topological polar surface area (TPSA) is 77.2 Å². The van der Waals surface area contributed by atoms with Crippen molar-refractivity contribution in [2.75, 3.05) is 33.2 Å². The first kappa shape index (κ1) is 20.5. The molecule has 0 bridgehead atoms. The fraction of sp³-hybridized carbons (Fsp3) is 0.348. The van der Waals surface area contributed by atoms with Gasteiger partial charge in [0.25, 0.3) is 5.96 Å². The van der Waals surface area contributed by atoms with Gasteiger partial charge in [0, 0.05) is 59.0 Å². The van der Waals surface area contributed by atoms with Crippen LogP contribution in [0.4, 0.5) is 0 Å². The van der Waals surface area contributed by atoms with Crippen LogP contribution in [0.3, 0.4) is 0 Å². The molecule has 0 radical (unpaired) electrons. The lowest BCUT2D eigenvalue weighted by Crippen LogP contribution is -3.18. The zero-order valence-corrected chi connectivity index (χ0v) is 17.8. The molecule has 30 heavy (non-hydrogen) atoms. The average Bonchev–Trinajstić information content (AvgIpc) is 2.75. The van der Waals surface area contributed by atoms with Crippen LogP contribution in [0, 0.1) is 0 Å². The van der Waals surface area contributed by atoms with Crippen molar-refractivity contribution < 1.29 is 14.8 Å². The highest BCUT2D eigenvalue weighted by Crippen LogP contribution is 2.25. The summed E-state index contributed by atoms with van der Waals surface area (Å²) in [6, 6.07) is 12.6. The number of quaternary nitrogens is 1. The predicted octanol–water partition coefficient (Wildman–Crippen LogP) is 0.674. The molecule has 2 aliphatic heterocycles. The fourth-order valence-corrected chi connectivity index (χ4v) is 5.14. The molecule has 3 heterocycles. The van der Waals surface area contributed by atoms with Crippen LogP contribution in [-0.4, -0.2) is 50.1 Å². The van der Waals surface area contributed by atoms with Crippen LogP contribution in [0.25, 0.3) is 20.2 Å². The molecule has 0 saturated carbocycles. The molecule has 1 N–H and O–H groups in total. The van der Waals surface area contributed by atoms with Crippen molar-refractivity contribution in [3.05, 3.63) is 58.3 Å². The number of carbonyl (C=O) groups excluding carboxylic acids is 1. The summed E-state index contributed by atoms with van der Waals surface area (Å²) in [6.07, 6.45) is 2.42. The minimum Gasteiger partial charge on any atom is -0.550 e. The van der Waals surface area contributed by atoms with E-state index in [9.17, 15) is 14.7 Å². The zero-order chi connectivity index (χ0) is 21.1. The Balaban J connectivity index is 0.000000168. The first-order valence-electron chi connectivity index (χ1n) is 10.3. The largest absolute Gasteiger partial charge is 0.550 e. The second kappa shape index (κ2) is 8.93. The first-order chi connectivity index (χ1) is 14.5. The second-order valence-corrected chi connectivity index (χ2v) is 8.83. The number of fused-ring (bicyclic) bond motifs is 3. The average molecular weight is 424 g/mol. The van der Waals surface area contributed by atoms with Gasteiger partial charge >= 0.3 is 0 Å². The molecule has 1 atom stereocenters. The molecule has 0 aliphatic carbocycles. The Morgan fingerprint density at radius 2 is 1.90 bits per heavy atom. The van der Waals surface area contributed by atoms with Crippen LogP contribution in [0.2, 0.25) is 0 Å². The highest BCUT2D eigenvalue weighted by Gasteiger charge is 2.27. The molecule has 1 fully saturated rings. The summed E-state index contributed by atoms with van der Waals surface area (Å²) in [4.78, 5) is 31.4. The van der Waals surface area contributed by atoms with Crippen molar-refractivity contribution in [3.8, 4) is 0 Å². The summed E-state index contributed by atoms with van der Waals surface area (Å²) in [6.45, 7) is 4.83. The molecule has 1 aromatic heterocycles. The highest BCUT2D eigenvalue weighted by molar-refractivity contribution is 7.24. The van der Waals surface area contributed by atoms with Gasteiger partial charge in [0.05, 0.1) is 19.6 Å². The number of carboxylic acid groups (broad SMARTS) is 1. The van der Waals surface area contributed by atoms with Crippen molar-refractivity contribution in [3.63, 3.8) is 0 Å². The molecule has 7 heteroatoms. The van der Waals surface area contributed by atoms with Crippen LogP contribution in [0.15, 0.2) is 52.3 Å². The Morgan fingerprint density at radius 3 is 2.70 bits per heavy atom. The maximum absolute atomic E-state index is 12.4. The van der Waals surface area contributed by atoms with Crippen LogP contribution in [0.1, 0.15) is 18.4 Å². The van der Waals surface area contributed by atoms with Gasteiger partial charge in [-0.2, -0.15) is 0 Å². The molecule has 1 unspecified atom stereocenters. The molecule has 2 aliphatic rings. The molecule has 0 amide bonds. The van der Waals surface area contributed by atoms with E-state index in [0.717, 1.165) is 15.9 Å². The van der Waals surface area contributed by atoms with E-state index in [-0.39, 0.29) is 11.8 Å². The van der Waals surface area contributed by atoms with E-state index in [4.69, 9.17) is 0 Å². The van der Waals surface area contributed by atoms with Gasteiger partial charge in [0.1, 0.15) is 0 Å². The van der Waals surface area contributed by atoms with Gasteiger partial charge in [-0.05, 0) is 29.8 Å². The van der Waals surface area contributed by atoms with E-state index in [0.29, 0.717) is 16.3 Å². The number of aliphatic carboxylic acids is 1. The monoisotopic (exact) mass is 423 g/mol. The number of nitrogens with one attached hydrogen (secondary N) is 1. The van der Waals surface area contributed by atoms with Crippen LogP contribution < -0.4 is 15.4 Å². The van der Waals surface area contributed by atoms with Gasteiger partial charge in [-0.1, -0.05) is 18.2 Å². The van der Waals surface area contributed by atoms with E-state index in [1.807, 2.05) is 18.2 Å². The minimum atomic E-state index is -1.14. The van der Waals surface area contributed by atoms with E-state index in [1.165, 1.54) is 49.8 Å². The van der Waals surface area contributed by atoms with Gasteiger partial charge in [-0.3, -0.25) is 9.69 Å². The summed E-state index contributed by atoms with van der Waals surface area (Å²) < 4.78 is 1.80. The third-order valence-electron chi connectivity index (χ3n) is 5.54. The van der Waals surface area contributed by atoms with Crippen molar-refractivity contribution in [1.82, 2.24) is 4.90 Å². The summed E-state index contributed by atoms with van der Waals surface area (Å²) in [5, 5.41) is 11.9. The molecule has 2 aromatic carbocycles. The standard InChI is InChI=1S/C15H10O3S.C8H15N3/c16-14(17)8-9-5-6-13-11(7-9)15(18)10-3-1-2-4-12(10)19-13;1-10-5-3-7-11-6-2-4-9-8(10)11/h1-7H,8H2,(H,16,17);2-7H2,1H3. The molecule has 0 spiro atoms. The number of guanidine groups is 1. The van der Waals surface area contributed by atoms with Crippen LogP contribution in [0.5, 0.6) is 0 Å². The lowest BCUT2D eigenvalue weighted by atomic mass is 10.1. The molecule has 5 rings (SSSR count). The number of carbonyl (C=O) groups is 1. The Bertz CT molecular complexity index is 1170. The second-order valence-electron chi connectivity index (χ2n) is 7.74. The third-order valence-corrected chi connectivity index (χ3v) is 6.69. The zero-order valence-electron chi connectivity index (χ0n) is 17.0. The number of aliphatic imine (C=N–C) groups is 1. The molecular weight excluding hydrogens is 398 g/mol. The number of carboxylic acids is 1. The fourth-order valence-electron chi connectivity index (χ4n) is 4.09. The highest BCUT2D eigenvalue weighted by atomic mass is 32.1. The van der Waals surface area contributed by atoms with E-state index in [1.54, 1.807) is 29.2 Å². The van der Waals surface area contributed by atoms with Crippen molar-refractivity contribution in [1.29, 1.82) is 0 Å². The Hall–Kier alpha value is -2.77. The Labute approximate surface area is 179 Å². The van der Waals surface area contributed by atoms with Gasteiger partial charge < -0.3 is 14.8 Å². The smallest absolute Gasteiger partial charge is 0.298 e. The predicted molar refractivity (Wildman–Crippen MR) is 119 cm³/mol. The summed E-state index contributed by atoms with van der Waals surface area (Å²) in [5.74, 6) is 0.166. The number of rotatable bonds is 2. The van der Waals surface area contributed by atoms with Gasteiger partial charge in [0.2, 0.25) is 0 Å². The van der Waals surface area contributed by atoms with E-state index >= 15 is 0 Å². The SMILES string of the molecule is CN1CCC[NH+]2CCCN=C12.O=C([O-])Cc1ccc2sc3ccccc3c(=O)c2c1. The van der Waals surface area contributed by atoms with E-state index in [2.05, 4.69) is 16.9 Å². The summed E-state index contributed by atoms with van der Waals surface area (Å²) in [7, 11) is 2.16. The van der Waals surface area contributed by atoms with Crippen LogP contribution >= 0.6 is 11.3 Å². The normalized spacial score (nSPS) is 18.4. The molecule has 1 saturated heterocycles. The number of hydrogen-bond donors (Lipinski definition) is 1. The van der Waals surface area contributed by atoms with Gasteiger partial charge in [-0.25, -0.2) is 4.99 Å². The van der Waals surface area contributed by atoms with Gasteiger partial charge in [0.15, 0.2) is 5.43 Å². The molecule has 6 nitrogen and oxygen atoms in total. The Morgan fingerprint density at radius 1 is 1.13 bits per heavy atom. The van der Waals surface area contributed by atoms with Crippen molar-refractivity contribution in [2.45, 2.75) is 19.3 Å². The summed E-state index contributed by atoms with van der Waals surface area (Å²) >= 11 is 1.53. The third kappa shape index (κ3) is 4.37. The maximum atomic E-state index is 12.4. The van der Waals surface area contributed by atoms with Crippen molar-refractivity contribution >= 4 is 43.4 Å². The molecule has 156 valence electrons. The number of nitrogens with zero attached hydrogens (tertiary/aromatic N) is 2. The molecule has 3 aromatic rings. The Kier molecular flexibility index (Phi) is 6.11. The summed E-state index contributed by atoms with van der Waals surface area (Å²) in [5.41, 5.74) is 0.539. The quantitative estimate of drug-likeness (QED) is 0.615. The van der Waals surface area contributed by atoms with E-state index < -0.39 is 5.97 Å².